The van der Waals surface area contributed by atoms with E-state index in [2.05, 4.69) is 15.5 Å². The number of hydrogen-bond donors (Lipinski definition) is 2. The van der Waals surface area contributed by atoms with Gasteiger partial charge in [-0.25, -0.2) is 15.2 Å². The first-order valence-corrected chi connectivity index (χ1v) is 7.61. The molecular weight excluding hydrogens is 340 g/mol. The molecule has 134 valence electrons. The number of nitrogens with zero attached hydrogens (tertiary/aromatic N) is 5. The predicted molar refractivity (Wildman–Crippen MR) is 94.1 cm³/mol. The quantitative estimate of drug-likeness (QED) is 0.472. The molecule has 2 aromatic heterocycles. The molecule has 3 aromatic rings. The van der Waals surface area contributed by atoms with E-state index in [9.17, 15) is 19.5 Å². The first kappa shape index (κ1) is 17.1. The molecule has 0 bridgehead atoms. The highest BCUT2D eigenvalue weighted by Gasteiger charge is 2.15. The van der Waals surface area contributed by atoms with E-state index in [4.69, 9.17) is 0 Å². The van der Waals surface area contributed by atoms with E-state index < -0.39 is 17.2 Å². The number of phenolic OH excluding ortho intramolecular Hbond substituents is 1. The van der Waals surface area contributed by atoms with Gasteiger partial charge in [0.25, 0.3) is 11.5 Å². The Labute approximate surface area is 146 Å². The Bertz CT molecular complexity index is 1140. The van der Waals surface area contributed by atoms with Gasteiger partial charge in [0.15, 0.2) is 5.52 Å². The molecule has 10 heteroatoms. The van der Waals surface area contributed by atoms with Crippen molar-refractivity contribution in [2.45, 2.75) is 6.54 Å². The van der Waals surface area contributed by atoms with Gasteiger partial charge in [0, 0.05) is 19.7 Å². The topological polar surface area (TPSA) is 124 Å². The van der Waals surface area contributed by atoms with Crippen LogP contribution in [-0.2, 0) is 25.4 Å². The Morgan fingerprint density at radius 2 is 2.00 bits per heavy atom. The number of hydrazone groups is 1. The highest BCUT2D eigenvalue weighted by atomic mass is 16.3. The summed E-state index contributed by atoms with van der Waals surface area (Å²) >= 11 is 0. The molecule has 2 heterocycles. The van der Waals surface area contributed by atoms with E-state index in [0.29, 0.717) is 5.56 Å². The Hall–Kier alpha value is -3.69. The maximum atomic E-state index is 12.1. The van der Waals surface area contributed by atoms with Gasteiger partial charge in [-0.05, 0) is 12.1 Å². The van der Waals surface area contributed by atoms with Crippen molar-refractivity contribution in [3.05, 3.63) is 57.0 Å². The molecule has 2 N–H and O–H groups in total. The molecule has 0 atom stereocenters. The number of aromatic hydroxyl groups is 1. The monoisotopic (exact) mass is 356 g/mol. The maximum Gasteiger partial charge on any atom is 0.332 e. The summed E-state index contributed by atoms with van der Waals surface area (Å²) < 4.78 is 3.60. The summed E-state index contributed by atoms with van der Waals surface area (Å²) in [6.07, 6.45) is 2.63. The van der Waals surface area contributed by atoms with Gasteiger partial charge in [-0.15, -0.1) is 0 Å². The predicted octanol–water partition coefficient (Wildman–Crippen LogP) is -0.710. The third-order valence-electron chi connectivity index (χ3n) is 3.85. The molecule has 0 spiro atoms. The number of imidazole rings is 1. The molecule has 0 aliphatic carbocycles. The van der Waals surface area contributed by atoms with Crippen LogP contribution in [0.3, 0.4) is 0 Å². The average molecular weight is 356 g/mol. The van der Waals surface area contributed by atoms with Crippen LogP contribution in [0.1, 0.15) is 5.56 Å². The van der Waals surface area contributed by atoms with Crippen molar-refractivity contribution in [1.82, 2.24) is 24.1 Å². The molecule has 0 saturated carbocycles. The number of rotatable bonds is 4. The molecular formula is C16H16N6O4. The number of nitrogens with one attached hydrogen (secondary N) is 1. The SMILES string of the molecule is Cn1c(=O)c2ncn(CC(=O)N/N=C/c3ccccc3O)c2n(C)c1=O. The number of carbonyl (C=O) groups is 1. The van der Waals surface area contributed by atoms with Gasteiger partial charge in [0.2, 0.25) is 0 Å². The second-order valence-corrected chi connectivity index (χ2v) is 5.60. The van der Waals surface area contributed by atoms with Crippen LogP contribution < -0.4 is 16.7 Å². The van der Waals surface area contributed by atoms with E-state index in [-0.39, 0.29) is 23.5 Å². The lowest BCUT2D eigenvalue weighted by Gasteiger charge is -2.07. The minimum atomic E-state index is -0.528. The number of phenols is 1. The molecule has 0 radical (unpaired) electrons. The van der Waals surface area contributed by atoms with Crippen molar-refractivity contribution in [1.29, 1.82) is 0 Å². The van der Waals surface area contributed by atoms with Gasteiger partial charge >= 0.3 is 5.69 Å². The molecule has 0 unspecified atom stereocenters. The highest BCUT2D eigenvalue weighted by Crippen LogP contribution is 2.12. The van der Waals surface area contributed by atoms with Gasteiger partial charge in [0.05, 0.1) is 12.5 Å². The molecule has 1 aromatic carbocycles. The largest absolute Gasteiger partial charge is 0.507 e. The maximum absolute atomic E-state index is 12.1. The Morgan fingerprint density at radius 3 is 2.73 bits per heavy atom. The van der Waals surface area contributed by atoms with Crippen LogP contribution in [0.25, 0.3) is 11.2 Å². The summed E-state index contributed by atoms with van der Waals surface area (Å²) in [7, 11) is 2.86. The summed E-state index contributed by atoms with van der Waals surface area (Å²) in [4.78, 5) is 40.2. The van der Waals surface area contributed by atoms with Crippen LogP contribution in [-0.4, -0.2) is 35.9 Å². The van der Waals surface area contributed by atoms with E-state index in [1.807, 2.05) is 0 Å². The average Bonchev–Trinajstić information content (AvgIpc) is 3.03. The minimum absolute atomic E-state index is 0.0388. The Morgan fingerprint density at radius 1 is 1.27 bits per heavy atom. The van der Waals surface area contributed by atoms with Gasteiger partial charge in [-0.1, -0.05) is 12.1 Å². The lowest BCUT2D eigenvalue weighted by Crippen LogP contribution is -2.37. The Balaban J connectivity index is 1.81. The van der Waals surface area contributed by atoms with Crippen molar-refractivity contribution >= 4 is 23.3 Å². The van der Waals surface area contributed by atoms with E-state index >= 15 is 0 Å². The number of aromatic nitrogens is 4. The normalized spacial score (nSPS) is 11.3. The lowest BCUT2D eigenvalue weighted by atomic mass is 10.2. The first-order valence-electron chi connectivity index (χ1n) is 7.61. The molecule has 0 saturated heterocycles. The van der Waals surface area contributed by atoms with Gasteiger partial charge in [-0.3, -0.25) is 18.7 Å². The standard InChI is InChI=1S/C16H16N6O4/c1-20-14-13(15(25)21(2)16(20)26)17-9-22(14)8-12(24)19-18-7-10-5-3-4-6-11(10)23/h3-7,9,23H,8H2,1-2H3,(H,19,24)/b18-7+. The molecule has 10 nitrogen and oxygen atoms in total. The van der Waals surface area contributed by atoms with Crippen LogP contribution in [0.15, 0.2) is 45.3 Å². The second kappa shape index (κ2) is 6.67. The molecule has 0 aliphatic heterocycles. The zero-order valence-electron chi connectivity index (χ0n) is 14.1. The number of aryl methyl sites for hydroxylation is 1. The number of fused-ring (bicyclic) bond motifs is 1. The fraction of sp³-hybridized carbons (Fsp3) is 0.188. The summed E-state index contributed by atoms with van der Waals surface area (Å²) in [5, 5.41) is 13.4. The van der Waals surface area contributed by atoms with Crippen LogP contribution in [0.2, 0.25) is 0 Å². The number of hydrogen-bond acceptors (Lipinski definition) is 6. The fourth-order valence-corrected chi connectivity index (χ4v) is 2.52. The number of carbonyl (C=O) groups excluding carboxylic acids is 1. The van der Waals surface area contributed by atoms with E-state index in [1.54, 1.807) is 18.2 Å². The summed E-state index contributed by atoms with van der Waals surface area (Å²) in [6, 6.07) is 6.53. The highest BCUT2D eigenvalue weighted by molar-refractivity contribution is 5.85. The van der Waals surface area contributed by atoms with Crippen molar-refractivity contribution in [3.8, 4) is 5.75 Å². The van der Waals surface area contributed by atoms with Crippen molar-refractivity contribution in [2.24, 2.45) is 19.2 Å². The van der Waals surface area contributed by atoms with Gasteiger partial charge < -0.3 is 9.67 Å². The fourth-order valence-electron chi connectivity index (χ4n) is 2.52. The zero-order valence-corrected chi connectivity index (χ0v) is 14.1. The van der Waals surface area contributed by atoms with Crippen LogP contribution in [0.4, 0.5) is 0 Å². The number of amides is 1. The molecule has 0 aliphatic rings. The summed E-state index contributed by atoms with van der Waals surface area (Å²) in [6.45, 7) is -0.185. The van der Waals surface area contributed by atoms with Crippen LogP contribution in [0.5, 0.6) is 5.75 Å². The van der Waals surface area contributed by atoms with Gasteiger partial charge in [-0.2, -0.15) is 5.10 Å². The van der Waals surface area contributed by atoms with Crippen LogP contribution >= 0.6 is 0 Å². The molecule has 26 heavy (non-hydrogen) atoms. The first-order chi connectivity index (χ1) is 12.4. The summed E-state index contributed by atoms with van der Waals surface area (Å²) in [5.41, 5.74) is 2.08. The number of para-hydroxylation sites is 1. The van der Waals surface area contributed by atoms with Crippen molar-refractivity contribution < 1.29 is 9.90 Å². The molecule has 3 rings (SSSR count). The van der Waals surface area contributed by atoms with Gasteiger partial charge in [0.1, 0.15) is 17.9 Å². The lowest BCUT2D eigenvalue weighted by molar-refractivity contribution is -0.121. The number of benzene rings is 1. The summed E-state index contributed by atoms with van der Waals surface area (Å²) in [5.74, 6) is -0.443. The van der Waals surface area contributed by atoms with E-state index in [1.165, 1.54) is 41.8 Å². The van der Waals surface area contributed by atoms with Crippen molar-refractivity contribution in [3.63, 3.8) is 0 Å². The second-order valence-electron chi connectivity index (χ2n) is 5.60. The smallest absolute Gasteiger partial charge is 0.332 e. The van der Waals surface area contributed by atoms with E-state index in [0.717, 1.165) is 4.57 Å². The van der Waals surface area contributed by atoms with Crippen molar-refractivity contribution in [2.75, 3.05) is 0 Å². The molecule has 0 fully saturated rings. The molecule has 1 amide bonds. The third-order valence-corrected chi connectivity index (χ3v) is 3.85. The zero-order chi connectivity index (χ0) is 18.8. The Kier molecular flexibility index (Phi) is 4.40. The minimum Gasteiger partial charge on any atom is -0.507 e. The van der Waals surface area contributed by atoms with Crippen LogP contribution in [0, 0.1) is 0 Å². The third kappa shape index (κ3) is 2.99.